The van der Waals surface area contributed by atoms with Gasteiger partial charge in [-0.15, -0.1) is 5.10 Å². The van der Waals surface area contributed by atoms with Crippen LogP contribution >= 0.6 is 0 Å². The summed E-state index contributed by atoms with van der Waals surface area (Å²) in [7, 11) is 0. The van der Waals surface area contributed by atoms with Gasteiger partial charge in [-0.3, -0.25) is 0 Å². The molecule has 1 fully saturated rings. The third kappa shape index (κ3) is 3.67. The number of aliphatic hydroxyl groups is 1. The van der Waals surface area contributed by atoms with E-state index in [-0.39, 0.29) is 12.0 Å². The van der Waals surface area contributed by atoms with E-state index in [9.17, 15) is 5.11 Å². The van der Waals surface area contributed by atoms with Gasteiger partial charge >= 0.3 is 0 Å². The number of fused-ring (bicyclic) bond motifs is 1. The van der Waals surface area contributed by atoms with Crippen LogP contribution in [0.25, 0.3) is 17.0 Å². The summed E-state index contributed by atoms with van der Waals surface area (Å²) in [6.07, 6.45) is 5.08. The van der Waals surface area contributed by atoms with Crippen LogP contribution in [0.3, 0.4) is 0 Å². The van der Waals surface area contributed by atoms with E-state index in [1.807, 2.05) is 13.0 Å². The lowest BCUT2D eigenvalue weighted by Crippen LogP contribution is -2.29. The van der Waals surface area contributed by atoms with Crippen molar-refractivity contribution < 1.29 is 9.84 Å². The number of nitrogens with two attached hydrogens (primary N) is 1. The smallest absolute Gasteiger partial charge is 0.225 e. The van der Waals surface area contributed by atoms with Gasteiger partial charge in [0, 0.05) is 12.0 Å². The fourth-order valence-corrected chi connectivity index (χ4v) is 3.34. The standard InChI is InChI=1S/C17H22N8O2/c1-2-27-12-5-6-14(19-8-12)25-16-13(23-24-25)9-20-17(22-16)21-11-4-3-10(7-11)15(18)26/h5-6,8-11,15,26H,2-4,7,18H2,1H3,(H,20,21,22)/t10-,11-,15?/m1/s1. The second-order valence-corrected chi connectivity index (χ2v) is 6.59. The third-order valence-corrected chi connectivity index (χ3v) is 4.73. The van der Waals surface area contributed by atoms with Gasteiger partial charge < -0.3 is 20.9 Å². The van der Waals surface area contributed by atoms with E-state index < -0.39 is 6.23 Å². The monoisotopic (exact) mass is 370 g/mol. The zero-order valence-electron chi connectivity index (χ0n) is 15.0. The first kappa shape index (κ1) is 17.6. The zero-order chi connectivity index (χ0) is 18.8. The summed E-state index contributed by atoms with van der Waals surface area (Å²) >= 11 is 0. The molecule has 0 radical (unpaired) electrons. The molecule has 0 spiro atoms. The third-order valence-electron chi connectivity index (χ3n) is 4.73. The average molecular weight is 370 g/mol. The Balaban J connectivity index is 1.56. The highest BCUT2D eigenvalue weighted by atomic mass is 16.5. The normalized spacial score (nSPS) is 20.7. The van der Waals surface area contributed by atoms with E-state index >= 15 is 0 Å². The Labute approximate surface area is 155 Å². The van der Waals surface area contributed by atoms with Crippen LogP contribution in [-0.2, 0) is 0 Å². The first-order valence-corrected chi connectivity index (χ1v) is 9.02. The molecule has 3 atom stereocenters. The number of pyridine rings is 1. The predicted molar refractivity (Wildman–Crippen MR) is 98.4 cm³/mol. The molecule has 0 bridgehead atoms. The molecule has 10 nitrogen and oxygen atoms in total. The van der Waals surface area contributed by atoms with Crippen LogP contribution in [-0.4, -0.2) is 53.9 Å². The molecule has 27 heavy (non-hydrogen) atoms. The van der Waals surface area contributed by atoms with E-state index in [2.05, 4.69) is 30.6 Å². The Bertz CT molecular complexity index is 911. The quantitative estimate of drug-likeness (QED) is 0.539. The largest absolute Gasteiger partial charge is 0.492 e. The lowest BCUT2D eigenvalue weighted by atomic mass is 10.1. The van der Waals surface area contributed by atoms with Crippen LogP contribution in [0.1, 0.15) is 26.2 Å². The SMILES string of the molecule is CCOc1ccc(-n2nnc3cnc(N[C@@H]4CC[C@@H](C(N)O)C4)nc32)nc1. The number of hydrogen-bond acceptors (Lipinski definition) is 9. The van der Waals surface area contributed by atoms with Gasteiger partial charge in [0.1, 0.15) is 12.0 Å². The van der Waals surface area contributed by atoms with Gasteiger partial charge in [0.15, 0.2) is 17.0 Å². The number of nitrogens with one attached hydrogen (secondary N) is 1. The molecule has 10 heteroatoms. The van der Waals surface area contributed by atoms with Crippen LogP contribution in [0.4, 0.5) is 5.95 Å². The maximum atomic E-state index is 9.55. The van der Waals surface area contributed by atoms with Gasteiger partial charge in [0.2, 0.25) is 5.95 Å². The van der Waals surface area contributed by atoms with Crippen molar-refractivity contribution in [3.63, 3.8) is 0 Å². The summed E-state index contributed by atoms with van der Waals surface area (Å²) in [5.41, 5.74) is 6.74. The molecule has 142 valence electrons. The number of aliphatic hydroxyl groups excluding tert-OH is 1. The van der Waals surface area contributed by atoms with Crippen molar-refractivity contribution in [2.24, 2.45) is 11.7 Å². The van der Waals surface area contributed by atoms with Gasteiger partial charge in [-0.1, -0.05) is 5.21 Å². The van der Waals surface area contributed by atoms with Gasteiger partial charge in [0.05, 0.1) is 19.0 Å². The molecule has 3 heterocycles. The molecule has 0 saturated heterocycles. The maximum Gasteiger partial charge on any atom is 0.225 e. The van der Waals surface area contributed by atoms with E-state index in [1.165, 1.54) is 0 Å². The van der Waals surface area contributed by atoms with Gasteiger partial charge in [0.25, 0.3) is 0 Å². The number of nitrogens with zero attached hydrogens (tertiary/aromatic N) is 6. The van der Waals surface area contributed by atoms with Crippen molar-refractivity contribution in [3.05, 3.63) is 24.5 Å². The average Bonchev–Trinajstić information content (AvgIpc) is 3.30. The van der Waals surface area contributed by atoms with Crippen molar-refractivity contribution in [1.82, 2.24) is 29.9 Å². The summed E-state index contributed by atoms with van der Waals surface area (Å²) in [4.78, 5) is 13.2. The number of aromatic nitrogens is 6. The van der Waals surface area contributed by atoms with Crippen LogP contribution < -0.4 is 15.8 Å². The number of ether oxygens (including phenoxy) is 1. The van der Waals surface area contributed by atoms with Gasteiger partial charge in [-0.25, -0.2) is 9.97 Å². The number of hydrogen-bond donors (Lipinski definition) is 3. The summed E-state index contributed by atoms with van der Waals surface area (Å²) in [5, 5.41) is 21.1. The Kier molecular flexibility index (Phi) is 4.82. The molecule has 4 N–H and O–H groups in total. The maximum absolute atomic E-state index is 9.55. The van der Waals surface area contributed by atoms with Crippen molar-refractivity contribution in [1.29, 1.82) is 0 Å². The summed E-state index contributed by atoms with van der Waals surface area (Å²) in [5.74, 6) is 1.89. The summed E-state index contributed by atoms with van der Waals surface area (Å²) < 4.78 is 6.98. The van der Waals surface area contributed by atoms with Crippen LogP contribution in [0.2, 0.25) is 0 Å². The molecule has 1 aliphatic rings. The fraction of sp³-hybridized carbons (Fsp3) is 0.471. The van der Waals surface area contributed by atoms with Crippen LogP contribution in [0, 0.1) is 5.92 Å². The van der Waals surface area contributed by atoms with Gasteiger partial charge in [-0.2, -0.15) is 9.67 Å². The molecule has 0 amide bonds. The minimum Gasteiger partial charge on any atom is -0.492 e. The van der Waals surface area contributed by atoms with E-state index in [4.69, 9.17) is 10.5 Å². The first-order chi connectivity index (χ1) is 13.1. The topological polar surface area (TPSA) is 137 Å². The first-order valence-electron chi connectivity index (χ1n) is 9.02. The Morgan fingerprint density at radius 2 is 2.22 bits per heavy atom. The zero-order valence-corrected chi connectivity index (χ0v) is 15.0. The molecule has 0 aliphatic heterocycles. The number of rotatable bonds is 6. The molecular weight excluding hydrogens is 348 g/mol. The minimum absolute atomic E-state index is 0.103. The molecule has 3 aromatic rings. The van der Waals surface area contributed by atoms with Crippen LogP contribution in [0.15, 0.2) is 24.5 Å². The van der Waals surface area contributed by atoms with Gasteiger partial charge in [-0.05, 0) is 38.3 Å². The molecule has 1 saturated carbocycles. The second kappa shape index (κ2) is 7.41. The highest BCUT2D eigenvalue weighted by molar-refractivity contribution is 5.71. The lowest BCUT2D eigenvalue weighted by Gasteiger charge is -2.14. The Morgan fingerprint density at radius 3 is 2.93 bits per heavy atom. The van der Waals surface area contributed by atoms with E-state index in [1.54, 1.807) is 23.1 Å². The van der Waals surface area contributed by atoms with E-state index in [0.29, 0.717) is 35.3 Å². The van der Waals surface area contributed by atoms with Crippen molar-refractivity contribution in [3.8, 4) is 11.6 Å². The predicted octanol–water partition coefficient (Wildman–Crippen LogP) is 0.862. The molecule has 0 aromatic carbocycles. The molecule has 1 unspecified atom stereocenters. The number of anilines is 1. The highest BCUT2D eigenvalue weighted by Crippen LogP contribution is 2.28. The summed E-state index contributed by atoms with van der Waals surface area (Å²) in [6, 6.07) is 3.81. The summed E-state index contributed by atoms with van der Waals surface area (Å²) in [6.45, 7) is 2.50. The highest BCUT2D eigenvalue weighted by Gasteiger charge is 2.28. The van der Waals surface area contributed by atoms with Crippen molar-refractivity contribution in [2.75, 3.05) is 11.9 Å². The Morgan fingerprint density at radius 1 is 1.33 bits per heavy atom. The van der Waals surface area contributed by atoms with Crippen LogP contribution in [0.5, 0.6) is 5.75 Å². The van der Waals surface area contributed by atoms with Crippen molar-refractivity contribution in [2.45, 2.75) is 38.5 Å². The molecule has 3 aromatic heterocycles. The Hall–Kier alpha value is -2.85. The molecule has 1 aliphatic carbocycles. The fourth-order valence-electron chi connectivity index (χ4n) is 3.34. The lowest BCUT2D eigenvalue weighted by molar-refractivity contribution is 0.117. The second-order valence-electron chi connectivity index (χ2n) is 6.59. The molecule has 4 rings (SSSR count). The molecular formula is C17H22N8O2. The van der Waals surface area contributed by atoms with E-state index in [0.717, 1.165) is 19.3 Å². The van der Waals surface area contributed by atoms with Crippen molar-refractivity contribution >= 4 is 17.1 Å². The minimum atomic E-state index is -0.781.